The maximum atomic E-state index is 4.86. The topological polar surface area (TPSA) is 29.9 Å². The number of aryl methyl sites for hydroxylation is 2. The highest BCUT2D eigenvalue weighted by atomic mass is 15.1. The Labute approximate surface area is 121 Å². The van der Waals surface area contributed by atoms with Crippen LogP contribution in [0.2, 0.25) is 0 Å². The normalized spacial score (nSPS) is 19.6. The molecule has 2 aromatic rings. The molecule has 3 heteroatoms. The Morgan fingerprint density at radius 1 is 1.35 bits per heavy atom. The van der Waals surface area contributed by atoms with Crippen molar-refractivity contribution in [1.29, 1.82) is 0 Å². The van der Waals surface area contributed by atoms with Gasteiger partial charge in [-0.15, -0.1) is 0 Å². The molecule has 1 aromatic heterocycles. The van der Waals surface area contributed by atoms with Crippen LogP contribution in [-0.4, -0.2) is 22.6 Å². The Morgan fingerprint density at radius 3 is 3.05 bits per heavy atom. The summed E-state index contributed by atoms with van der Waals surface area (Å²) in [7, 11) is 0. The third kappa shape index (κ3) is 2.88. The maximum Gasteiger partial charge on any atom is 0.109 e. The second kappa shape index (κ2) is 6.40. The van der Waals surface area contributed by atoms with Crippen LogP contribution in [0.25, 0.3) is 11.0 Å². The predicted octanol–water partition coefficient (Wildman–Crippen LogP) is 3.38. The van der Waals surface area contributed by atoms with E-state index in [0.717, 1.165) is 24.4 Å². The van der Waals surface area contributed by atoms with Crippen LogP contribution in [-0.2, 0) is 13.0 Å². The van der Waals surface area contributed by atoms with Crippen molar-refractivity contribution in [3.05, 3.63) is 30.1 Å². The third-order valence-electron chi connectivity index (χ3n) is 4.36. The number of benzene rings is 1. The van der Waals surface area contributed by atoms with Crippen LogP contribution in [0.5, 0.6) is 0 Å². The van der Waals surface area contributed by atoms with Crippen molar-refractivity contribution < 1.29 is 0 Å². The van der Waals surface area contributed by atoms with Gasteiger partial charge in [-0.2, -0.15) is 0 Å². The lowest BCUT2D eigenvalue weighted by atomic mass is 9.94. The zero-order valence-corrected chi connectivity index (χ0v) is 12.4. The van der Waals surface area contributed by atoms with Gasteiger partial charge in [0.15, 0.2) is 0 Å². The van der Waals surface area contributed by atoms with Crippen LogP contribution in [0.3, 0.4) is 0 Å². The first kappa shape index (κ1) is 13.6. The number of para-hydroxylation sites is 2. The first-order valence-corrected chi connectivity index (χ1v) is 8.03. The number of fused-ring (bicyclic) bond motifs is 1. The number of nitrogens with zero attached hydrogens (tertiary/aromatic N) is 2. The minimum Gasteiger partial charge on any atom is -0.328 e. The highest BCUT2D eigenvalue weighted by Gasteiger charge is 2.15. The summed E-state index contributed by atoms with van der Waals surface area (Å²) in [6, 6.07) is 8.53. The highest BCUT2D eigenvalue weighted by Crippen LogP contribution is 2.21. The van der Waals surface area contributed by atoms with E-state index in [2.05, 4.69) is 41.1 Å². The molecule has 1 fully saturated rings. The number of imidazole rings is 1. The lowest BCUT2D eigenvalue weighted by molar-refractivity contribution is 0.354. The molecule has 3 rings (SSSR count). The molecule has 3 nitrogen and oxygen atoms in total. The zero-order chi connectivity index (χ0) is 13.8. The fourth-order valence-electron chi connectivity index (χ4n) is 3.29. The van der Waals surface area contributed by atoms with Gasteiger partial charge in [-0.25, -0.2) is 4.98 Å². The molecule has 1 aromatic carbocycles. The fraction of sp³-hybridized carbons (Fsp3) is 0.588. The number of hydrogen-bond donors (Lipinski definition) is 1. The first-order chi connectivity index (χ1) is 9.88. The highest BCUT2D eigenvalue weighted by molar-refractivity contribution is 5.75. The Bertz CT molecular complexity index is 552. The van der Waals surface area contributed by atoms with Gasteiger partial charge >= 0.3 is 0 Å². The summed E-state index contributed by atoms with van der Waals surface area (Å²) in [6.45, 7) is 5.71. The molecule has 0 aliphatic carbocycles. The summed E-state index contributed by atoms with van der Waals surface area (Å²) in [5.74, 6) is 2.11. The Balaban J connectivity index is 1.77. The number of aromatic nitrogens is 2. The largest absolute Gasteiger partial charge is 0.328 e. The summed E-state index contributed by atoms with van der Waals surface area (Å²) in [4.78, 5) is 4.86. The zero-order valence-electron chi connectivity index (χ0n) is 12.4. The van der Waals surface area contributed by atoms with E-state index in [0.29, 0.717) is 0 Å². The molecular formula is C17H25N3. The molecule has 0 radical (unpaired) electrons. The van der Waals surface area contributed by atoms with Gasteiger partial charge in [0.2, 0.25) is 0 Å². The van der Waals surface area contributed by atoms with Gasteiger partial charge in [0.1, 0.15) is 5.82 Å². The summed E-state index contributed by atoms with van der Waals surface area (Å²) in [5.41, 5.74) is 2.45. The molecular weight excluding hydrogens is 246 g/mol. The molecule has 1 aliphatic heterocycles. The number of rotatable bonds is 5. The first-order valence-electron chi connectivity index (χ1n) is 8.03. The van der Waals surface area contributed by atoms with Gasteiger partial charge in [0.25, 0.3) is 0 Å². The van der Waals surface area contributed by atoms with E-state index in [9.17, 15) is 0 Å². The molecule has 1 unspecified atom stereocenters. The Hall–Kier alpha value is -1.35. The smallest absolute Gasteiger partial charge is 0.109 e. The molecule has 1 aliphatic rings. The van der Waals surface area contributed by atoms with Gasteiger partial charge < -0.3 is 9.88 Å². The van der Waals surface area contributed by atoms with E-state index in [4.69, 9.17) is 4.98 Å². The summed E-state index contributed by atoms with van der Waals surface area (Å²) in [6.07, 6.45) is 6.25. The van der Waals surface area contributed by atoms with Crippen molar-refractivity contribution in [2.45, 2.75) is 45.6 Å². The lowest BCUT2D eigenvalue weighted by Gasteiger charge is -2.22. The monoisotopic (exact) mass is 271 g/mol. The van der Waals surface area contributed by atoms with Crippen molar-refractivity contribution in [2.75, 3.05) is 13.1 Å². The molecule has 0 spiro atoms. The summed E-state index contributed by atoms with van der Waals surface area (Å²) < 4.78 is 2.42. The lowest BCUT2D eigenvalue weighted by Crippen LogP contribution is -2.30. The predicted molar refractivity (Wildman–Crippen MR) is 83.9 cm³/mol. The van der Waals surface area contributed by atoms with E-state index in [-0.39, 0.29) is 0 Å². The van der Waals surface area contributed by atoms with Crippen LogP contribution in [0.15, 0.2) is 24.3 Å². The van der Waals surface area contributed by atoms with Gasteiger partial charge in [-0.05, 0) is 56.8 Å². The number of nitrogens with one attached hydrogen (secondary N) is 1. The van der Waals surface area contributed by atoms with Crippen LogP contribution >= 0.6 is 0 Å². The molecule has 1 N–H and O–H groups in total. The molecule has 0 amide bonds. The third-order valence-corrected chi connectivity index (χ3v) is 4.36. The molecule has 0 bridgehead atoms. The van der Waals surface area contributed by atoms with E-state index in [1.165, 1.54) is 50.1 Å². The molecule has 1 saturated heterocycles. The van der Waals surface area contributed by atoms with E-state index < -0.39 is 0 Å². The summed E-state index contributed by atoms with van der Waals surface area (Å²) in [5, 5.41) is 3.51. The van der Waals surface area contributed by atoms with Crippen LogP contribution < -0.4 is 5.32 Å². The van der Waals surface area contributed by atoms with Crippen molar-refractivity contribution in [2.24, 2.45) is 5.92 Å². The van der Waals surface area contributed by atoms with E-state index in [1.807, 2.05) is 0 Å². The van der Waals surface area contributed by atoms with Gasteiger partial charge in [0.05, 0.1) is 11.0 Å². The minimum absolute atomic E-state index is 0.832. The van der Waals surface area contributed by atoms with Crippen molar-refractivity contribution in [1.82, 2.24) is 14.9 Å². The van der Waals surface area contributed by atoms with Crippen molar-refractivity contribution in [3.8, 4) is 0 Å². The van der Waals surface area contributed by atoms with Crippen molar-refractivity contribution >= 4 is 11.0 Å². The molecule has 1 atom stereocenters. The second-order valence-electron chi connectivity index (χ2n) is 5.92. The molecule has 20 heavy (non-hydrogen) atoms. The quantitative estimate of drug-likeness (QED) is 0.903. The van der Waals surface area contributed by atoms with Gasteiger partial charge in [-0.3, -0.25) is 0 Å². The Morgan fingerprint density at radius 2 is 2.25 bits per heavy atom. The molecule has 108 valence electrons. The van der Waals surface area contributed by atoms with Crippen molar-refractivity contribution in [3.63, 3.8) is 0 Å². The number of piperidine rings is 1. The van der Waals surface area contributed by atoms with Gasteiger partial charge in [0, 0.05) is 13.0 Å². The summed E-state index contributed by atoms with van der Waals surface area (Å²) >= 11 is 0. The van der Waals surface area contributed by atoms with Crippen LogP contribution in [0.1, 0.15) is 38.4 Å². The average Bonchev–Trinajstić information content (AvgIpc) is 2.85. The fourth-order valence-corrected chi connectivity index (χ4v) is 3.29. The van der Waals surface area contributed by atoms with E-state index >= 15 is 0 Å². The second-order valence-corrected chi connectivity index (χ2v) is 5.92. The average molecular weight is 271 g/mol. The molecule has 0 saturated carbocycles. The minimum atomic E-state index is 0.832. The standard InChI is InChI=1S/C17H25N3/c1-2-12-20-16-8-4-3-7-15(16)19-17(20)10-9-14-6-5-11-18-13-14/h3-4,7-8,14,18H,2,5-6,9-13H2,1H3. The SMILES string of the molecule is CCCn1c(CCC2CCCNC2)nc2ccccc21. The van der Waals surface area contributed by atoms with Crippen LogP contribution in [0, 0.1) is 5.92 Å². The van der Waals surface area contributed by atoms with Crippen LogP contribution in [0.4, 0.5) is 0 Å². The number of hydrogen-bond acceptors (Lipinski definition) is 2. The van der Waals surface area contributed by atoms with E-state index in [1.54, 1.807) is 0 Å². The maximum absolute atomic E-state index is 4.86. The molecule has 2 heterocycles. The Kier molecular flexibility index (Phi) is 4.36. The van der Waals surface area contributed by atoms with Gasteiger partial charge in [-0.1, -0.05) is 19.1 Å².